The van der Waals surface area contributed by atoms with E-state index in [-0.39, 0.29) is 5.78 Å². The van der Waals surface area contributed by atoms with Gasteiger partial charge in [0, 0.05) is 9.13 Å². The Hall–Kier alpha value is -0.890. The molecule has 0 aliphatic rings. The standard InChI is InChI=1S/C9H6INO/c1-6(12)9-7(5-11)3-2-4-8(9)10/h2-4H,1H3. The van der Waals surface area contributed by atoms with E-state index in [0.29, 0.717) is 11.1 Å². The maximum Gasteiger partial charge on any atom is 0.162 e. The lowest BCUT2D eigenvalue weighted by Crippen LogP contribution is -1.99. The van der Waals surface area contributed by atoms with E-state index >= 15 is 0 Å². The number of hydrogen-bond acceptors (Lipinski definition) is 2. The van der Waals surface area contributed by atoms with Crippen LogP contribution in [0.2, 0.25) is 0 Å². The van der Waals surface area contributed by atoms with E-state index in [1.54, 1.807) is 12.1 Å². The molecule has 0 aliphatic carbocycles. The van der Waals surface area contributed by atoms with Gasteiger partial charge in [-0.15, -0.1) is 0 Å². The van der Waals surface area contributed by atoms with Crippen molar-refractivity contribution in [2.24, 2.45) is 0 Å². The molecule has 0 radical (unpaired) electrons. The van der Waals surface area contributed by atoms with Crippen molar-refractivity contribution in [2.75, 3.05) is 0 Å². The van der Waals surface area contributed by atoms with E-state index in [2.05, 4.69) is 22.6 Å². The van der Waals surface area contributed by atoms with Crippen molar-refractivity contribution in [2.45, 2.75) is 6.92 Å². The minimum atomic E-state index is -0.0587. The maximum absolute atomic E-state index is 11.1. The number of carbonyl (C=O) groups excluding carboxylic acids is 1. The van der Waals surface area contributed by atoms with Crippen LogP contribution in [-0.2, 0) is 0 Å². The van der Waals surface area contributed by atoms with Crippen LogP contribution in [0.1, 0.15) is 22.8 Å². The summed E-state index contributed by atoms with van der Waals surface area (Å²) < 4.78 is 0.833. The molecule has 0 aliphatic heterocycles. The van der Waals surface area contributed by atoms with Crippen molar-refractivity contribution < 1.29 is 4.79 Å². The Morgan fingerprint density at radius 2 is 2.25 bits per heavy atom. The van der Waals surface area contributed by atoms with Gasteiger partial charge in [-0.3, -0.25) is 4.79 Å². The van der Waals surface area contributed by atoms with Crippen LogP contribution in [0.3, 0.4) is 0 Å². The summed E-state index contributed by atoms with van der Waals surface area (Å²) in [6, 6.07) is 7.23. The number of benzene rings is 1. The van der Waals surface area contributed by atoms with Gasteiger partial charge in [0.25, 0.3) is 0 Å². The first-order chi connectivity index (χ1) is 5.66. The minimum Gasteiger partial charge on any atom is -0.294 e. The average Bonchev–Trinajstić information content (AvgIpc) is 2.03. The van der Waals surface area contributed by atoms with Gasteiger partial charge in [0.15, 0.2) is 5.78 Å². The second-order valence-electron chi connectivity index (χ2n) is 2.33. The zero-order valence-electron chi connectivity index (χ0n) is 6.47. The SMILES string of the molecule is CC(=O)c1c(I)cccc1C#N. The van der Waals surface area contributed by atoms with Crippen molar-refractivity contribution in [3.8, 4) is 6.07 Å². The molecule has 1 aromatic carbocycles. The summed E-state index contributed by atoms with van der Waals surface area (Å²) in [5.41, 5.74) is 0.981. The summed E-state index contributed by atoms with van der Waals surface area (Å²) in [5, 5.41) is 8.69. The number of halogens is 1. The average molecular weight is 271 g/mol. The van der Waals surface area contributed by atoms with Gasteiger partial charge in [0.05, 0.1) is 11.6 Å². The molecule has 0 fully saturated rings. The predicted molar refractivity (Wildman–Crippen MR) is 53.9 cm³/mol. The van der Waals surface area contributed by atoms with Gasteiger partial charge < -0.3 is 0 Å². The summed E-state index contributed by atoms with van der Waals surface area (Å²) in [7, 11) is 0. The van der Waals surface area contributed by atoms with Crippen LogP contribution < -0.4 is 0 Å². The Morgan fingerprint density at radius 1 is 1.58 bits per heavy atom. The predicted octanol–water partition coefficient (Wildman–Crippen LogP) is 2.37. The molecule has 0 N–H and O–H groups in total. The fourth-order valence-corrected chi connectivity index (χ4v) is 1.85. The molecule has 0 heterocycles. The molecule has 1 aromatic rings. The molecule has 0 aromatic heterocycles. The lowest BCUT2D eigenvalue weighted by atomic mass is 10.1. The normalized spacial score (nSPS) is 9.08. The lowest BCUT2D eigenvalue weighted by molar-refractivity contribution is 0.101. The third kappa shape index (κ3) is 1.64. The van der Waals surface area contributed by atoms with E-state index in [4.69, 9.17) is 5.26 Å². The summed E-state index contributed by atoms with van der Waals surface area (Å²) in [6.45, 7) is 1.47. The van der Waals surface area contributed by atoms with Crippen molar-refractivity contribution in [1.29, 1.82) is 5.26 Å². The number of carbonyl (C=O) groups is 1. The van der Waals surface area contributed by atoms with E-state index in [9.17, 15) is 4.79 Å². The highest BCUT2D eigenvalue weighted by molar-refractivity contribution is 14.1. The Labute approximate surface area is 84.3 Å². The quantitative estimate of drug-likeness (QED) is 0.581. The van der Waals surface area contributed by atoms with E-state index < -0.39 is 0 Å². The molecule has 0 saturated heterocycles. The molecule has 0 atom stereocenters. The maximum atomic E-state index is 11.1. The van der Waals surface area contributed by atoms with Crippen LogP contribution in [0.4, 0.5) is 0 Å². The van der Waals surface area contributed by atoms with Gasteiger partial charge in [0.1, 0.15) is 0 Å². The highest BCUT2D eigenvalue weighted by Gasteiger charge is 2.09. The van der Waals surface area contributed by atoms with Crippen LogP contribution in [0.5, 0.6) is 0 Å². The number of ketones is 1. The first-order valence-corrected chi connectivity index (χ1v) is 4.44. The van der Waals surface area contributed by atoms with Crippen LogP contribution in [0.15, 0.2) is 18.2 Å². The monoisotopic (exact) mass is 271 g/mol. The van der Waals surface area contributed by atoms with Crippen molar-refractivity contribution in [3.63, 3.8) is 0 Å². The number of nitrogens with zero attached hydrogens (tertiary/aromatic N) is 1. The van der Waals surface area contributed by atoms with Crippen molar-refractivity contribution in [3.05, 3.63) is 32.9 Å². The lowest BCUT2D eigenvalue weighted by Gasteiger charge is -2.00. The minimum absolute atomic E-state index is 0.0587. The molecule has 0 amide bonds. The number of hydrogen-bond donors (Lipinski definition) is 0. The van der Waals surface area contributed by atoms with Crippen molar-refractivity contribution in [1.82, 2.24) is 0 Å². The first kappa shape index (κ1) is 9.20. The van der Waals surface area contributed by atoms with Crippen LogP contribution in [0.25, 0.3) is 0 Å². The molecule has 1 rings (SSSR count). The molecule has 2 nitrogen and oxygen atoms in total. The molecule has 0 unspecified atom stereocenters. The van der Waals surface area contributed by atoms with Crippen LogP contribution in [0, 0.1) is 14.9 Å². The second-order valence-corrected chi connectivity index (χ2v) is 3.49. The Bertz CT molecular complexity index is 365. The smallest absolute Gasteiger partial charge is 0.162 e. The third-order valence-electron chi connectivity index (χ3n) is 1.49. The fourth-order valence-electron chi connectivity index (χ4n) is 0.975. The number of Topliss-reactive ketones (excluding diaryl/α,β-unsaturated/α-hetero) is 1. The molecular weight excluding hydrogens is 265 g/mol. The third-order valence-corrected chi connectivity index (χ3v) is 2.39. The molecular formula is C9H6INO. The molecule has 60 valence electrons. The van der Waals surface area contributed by atoms with Crippen molar-refractivity contribution >= 4 is 28.4 Å². The zero-order valence-corrected chi connectivity index (χ0v) is 8.62. The molecule has 3 heteroatoms. The largest absolute Gasteiger partial charge is 0.294 e. The number of rotatable bonds is 1. The summed E-state index contributed by atoms with van der Waals surface area (Å²) in [6.07, 6.45) is 0. The molecule has 0 saturated carbocycles. The highest BCUT2D eigenvalue weighted by atomic mass is 127. The summed E-state index contributed by atoms with van der Waals surface area (Å²) in [5.74, 6) is -0.0587. The van der Waals surface area contributed by atoms with Gasteiger partial charge in [-0.05, 0) is 41.6 Å². The van der Waals surface area contributed by atoms with Gasteiger partial charge >= 0.3 is 0 Å². The Kier molecular flexibility index (Phi) is 2.82. The first-order valence-electron chi connectivity index (χ1n) is 3.36. The second kappa shape index (κ2) is 3.68. The molecule has 12 heavy (non-hydrogen) atoms. The van der Waals surface area contributed by atoms with Crippen LogP contribution >= 0.6 is 22.6 Å². The summed E-state index contributed by atoms with van der Waals surface area (Å²) in [4.78, 5) is 11.1. The van der Waals surface area contributed by atoms with Gasteiger partial charge in [-0.2, -0.15) is 5.26 Å². The molecule has 0 spiro atoms. The van der Waals surface area contributed by atoms with E-state index in [0.717, 1.165) is 3.57 Å². The highest BCUT2D eigenvalue weighted by Crippen LogP contribution is 2.16. The van der Waals surface area contributed by atoms with Crippen LogP contribution in [-0.4, -0.2) is 5.78 Å². The van der Waals surface area contributed by atoms with Gasteiger partial charge in [0.2, 0.25) is 0 Å². The topological polar surface area (TPSA) is 40.9 Å². The van der Waals surface area contributed by atoms with E-state index in [1.807, 2.05) is 12.1 Å². The molecule has 0 bridgehead atoms. The van der Waals surface area contributed by atoms with E-state index in [1.165, 1.54) is 6.92 Å². The zero-order chi connectivity index (χ0) is 9.14. The summed E-state index contributed by atoms with van der Waals surface area (Å²) >= 11 is 2.05. The van der Waals surface area contributed by atoms with Gasteiger partial charge in [-0.25, -0.2) is 0 Å². The Balaban J connectivity index is 3.42. The fraction of sp³-hybridized carbons (Fsp3) is 0.111. The number of nitriles is 1. The Morgan fingerprint density at radius 3 is 2.67 bits per heavy atom. The van der Waals surface area contributed by atoms with Gasteiger partial charge in [-0.1, -0.05) is 6.07 Å².